The number of imidazole rings is 1. The highest BCUT2D eigenvalue weighted by Crippen LogP contribution is 2.32. The molecular weight excluding hydrogens is 502 g/mol. The maximum atomic E-state index is 11.4. The number of anilines is 1. The number of likely N-dealkylation sites (N-methyl/N-ethyl adjacent to an activating group) is 1. The molecule has 38 heavy (non-hydrogen) atoms. The molecule has 1 aliphatic rings. The number of nitrogens with zero attached hydrogens (tertiary/aromatic N) is 4. The molecule has 0 unspecified atom stereocenters. The predicted molar refractivity (Wildman–Crippen MR) is 147 cm³/mol. The van der Waals surface area contributed by atoms with E-state index in [1.165, 1.54) is 0 Å². The highest BCUT2D eigenvalue weighted by molar-refractivity contribution is 6.34. The number of hydrogen-bond acceptors (Lipinski definition) is 7. The van der Waals surface area contributed by atoms with Crippen LogP contribution in [0.15, 0.2) is 54.7 Å². The molecule has 10 heteroatoms. The van der Waals surface area contributed by atoms with Gasteiger partial charge in [-0.05, 0) is 54.8 Å². The first-order valence-electron chi connectivity index (χ1n) is 12.5. The number of fused-ring (bicyclic) bond motifs is 1. The van der Waals surface area contributed by atoms with E-state index in [0.29, 0.717) is 27.8 Å². The Kier molecular flexibility index (Phi) is 7.73. The lowest BCUT2D eigenvalue weighted by atomic mass is 10.0. The zero-order valence-corrected chi connectivity index (χ0v) is 21.8. The number of carbonyl (C=O) groups excluding carboxylic acids is 1. The highest BCUT2D eigenvalue weighted by Gasteiger charge is 2.22. The molecular formula is C28H28ClN7O2. The second-order valence-electron chi connectivity index (χ2n) is 9.26. The molecule has 0 spiro atoms. The van der Waals surface area contributed by atoms with Gasteiger partial charge in [0.2, 0.25) is 0 Å². The number of ether oxygens (including phenoxy) is 1. The first kappa shape index (κ1) is 25.5. The average molecular weight is 530 g/mol. The number of aromatic amines is 1. The number of rotatable bonds is 8. The number of hydrogen-bond donors (Lipinski definition) is 3. The maximum absolute atomic E-state index is 11.4. The molecule has 5 rings (SSSR count). The van der Waals surface area contributed by atoms with E-state index >= 15 is 0 Å². The first-order valence-corrected chi connectivity index (χ1v) is 12.9. The fraction of sp³-hybridized carbons (Fsp3) is 0.286. The molecule has 1 amide bonds. The number of piperidine rings is 1. The summed E-state index contributed by atoms with van der Waals surface area (Å²) in [6, 6.07) is 17.6. The van der Waals surface area contributed by atoms with Gasteiger partial charge in [-0.3, -0.25) is 9.69 Å². The van der Waals surface area contributed by atoms with Gasteiger partial charge in [0.1, 0.15) is 17.1 Å². The van der Waals surface area contributed by atoms with E-state index in [9.17, 15) is 4.79 Å². The largest absolute Gasteiger partial charge is 0.484 e. The number of halogens is 1. The van der Waals surface area contributed by atoms with Gasteiger partial charge in [-0.25, -0.2) is 9.97 Å². The second kappa shape index (κ2) is 11.5. The van der Waals surface area contributed by atoms with Crippen molar-refractivity contribution in [2.45, 2.75) is 25.4 Å². The molecule has 0 bridgehead atoms. The maximum Gasteiger partial charge on any atom is 0.257 e. The summed E-state index contributed by atoms with van der Waals surface area (Å²) in [5.74, 6) is 1.08. The molecule has 3 N–H and O–H groups in total. The molecule has 0 saturated carbocycles. The zero-order valence-electron chi connectivity index (χ0n) is 21.0. The average Bonchev–Trinajstić information content (AvgIpc) is 3.39. The Hall–Kier alpha value is -4.13. The number of likely N-dealkylation sites (tertiary alicyclic amines) is 1. The third-order valence-electron chi connectivity index (χ3n) is 6.65. The van der Waals surface area contributed by atoms with Crippen LogP contribution in [-0.4, -0.2) is 58.5 Å². The standard InChI is InChI=1S/C28H28ClN7O2/c1-31-24(37)17-38-22-7-5-20(6-8-22)27-34-26-25(23(29)15-32-28(26)35-27)33-21-9-11-36(12-10-21)16-19-4-2-3-18(13-19)14-30/h2-8,13,15,21H,9-12,16-17H2,1H3,(H,31,37)(H2,32,33,34,35). The van der Waals surface area contributed by atoms with Crippen LogP contribution in [0, 0.1) is 11.3 Å². The van der Waals surface area contributed by atoms with E-state index in [4.69, 9.17) is 21.6 Å². The van der Waals surface area contributed by atoms with Gasteiger partial charge in [0.15, 0.2) is 12.3 Å². The minimum atomic E-state index is -0.189. The van der Waals surface area contributed by atoms with Crippen LogP contribution in [0.25, 0.3) is 22.6 Å². The lowest BCUT2D eigenvalue weighted by Crippen LogP contribution is -2.38. The molecule has 3 heterocycles. The Balaban J connectivity index is 1.25. The zero-order chi connectivity index (χ0) is 26.5. The van der Waals surface area contributed by atoms with Crippen LogP contribution in [0.1, 0.15) is 24.0 Å². The number of carbonyl (C=O) groups is 1. The Morgan fingerprint density at radius 1 is 1.24 bits per heavy atom. The van der Waals surface area contributed by atoms with Gasteiger partial charge >= 0.3 is 0 Å². The normalized spacial score (nSPS) is 14.2. The number of nitriles is 1. The van der Waals surface area contributed by atoms with Crippen LogP contribution < -0.4 is 15.4 Å². The van der Waals surface area contributed by atoms with Crippen molar-refractivity contribution in [2.24, 2.45) is 0 Å². The SMILES string of the molecule is CNC(=O)COc1ccc(-c2nc3ncc(Cl)c(NC4CCN(Cc5cccc(C#N)c5)CC4)c3[nH]2)cc1. The topological polar surface area (TPSA) is 119 Å². The third kappa shape index (κ3) is 5.88. The van der Waals surface area contributed by atoms with Gasteiger partial charge in [0, 0.05) is 38.3 Å². The fourth-order valence-corrected chi connectivity index (χ4v) is 4.78. The molecule has 9 nitrogen and oxygen atoms in total. The third-order valence-corrected chi connectivity index (χ3v) is 6.94. The van der Waals surface area contributed by atoms with Crippen molar-refractivity contribution in [3.05, 3.63) is 70.9 Å². The summed E-state index contributed by atoms with van der Waals surface area (Å²) in [6.07, 6.45) is 3.57. The van der Waals surface area contributed by atoms with Crippen LogP contribution in [0.2, 0.25) is 5.02 Å². The van der Waals surface area contributed by atoms with Crippen molar-refractivity contribution in [1.29, 1.82) is 5.26 Å². The monoisotopic (exact) mass is 529 g/mol. The van der Waals surface area contributed by atoms with Gasteiger partial charge in [-0.1, -0.05) is 23.7 Å². The number of aromatic nitrogens is 3. The molecule has 0 aliphatic carbocycles. The number of amides is 1. The van der Waals surface area contributed by atoms with Gasteiger partial charge < -0.3 is 20.4 Å². The molecule has 2 aromatic carbocycles. The number of nitrogens with one attached hydrogen (secondary N) is 3. The lowest BCUT2D eigenvalue weighted by Gasteiger charge is -2.33. The van der Waals surface area contributed by atoms with E-state index in [2.05, 4.69) is 42.6 Å². The molecule has 194 valence electrons. The van der Waals surface area contributed by atoms with Gasteiger partial charge in [-0.2, -0.15) is 5.26 Å². The van der Waals surface area contributed by atoms with Crippen LogP contribution in [0.5, 0.6) is 5.75 Å². The Labute approximate surface area is 225 Å². The van der Waals surface area contributed by atoms with E-state index in [-0.39, 0.29) is 18.6 Å². The summed E-state index contributed by atoms with van der Waals surface area (Å²) >= 11 is 6.58. The van der Waals surface area contributed by atoms with E-state index in [1.54, 1.807) is 25.4 Å². The first-order chi connectivity index (χ1) is 18.5. The second-order valence-corrected chi connectivity index (χ2v) is 9.67. The number of benzene rings is 2. The van der Waals surface area contributed by atoms with Crippen LogP contribution >= 0.6 is 11.6 Å². The highest BCUT2D eigenvalue weighted by atomic mass is 35.5. The van der Waals surface area contributed by atoms with E-state index in [0.717, 1.165) is 54.8 Å². The lowest BCUT2D eigenvalue weighted by molar-refractivity contribution is -0.122. The molecule has 1 aliphatic heterocycles. The van der Waals surface area contributed by atoms with Crippen LogP contribution in [0.3, 0.4) is 0 Å². The molecule has 0 atom stereocenters. The summed E-state index contributed by atoms with van der Waals surface area (Å²) in [6.45, 7) is 2.69. The molecule has 0 radical (unpaired) electrons. The van der Waals surface area contributed by atoms with Gasteiger partial charge in [0.05, 0.1) is 28.5 Å². The molecule has 4 aromatic rings. The van der Waals surface area contributed by atoms with Crippen molar-refractivity contribution >= 4 is 34.4 Å². The van der Waals surface area contributed by atoms with E-state index < -0.39 is 0 Å². The van der Waals surface area contributed by atoms with Crippen LogP contribution in [0.4, 0.5) is 5.69 Å². The fourth-order valence-electron chi connectivity index (χ4n) is 4.58. The molecule has 2 aromatic heterocycles. The number of H-pyrrole nitrogens is 1. The molecule has 1 saturated heterocycles. The summed E-state index contributed by atoms with van der Waals surface area (Å²) in [5, 5.41) is 15.9. The summed E-state index contributed by atoms with van der Waals surface area (Å²) < 4.78 is 5.48. The summed E-state index contributed by atoms with van der Waals surface area (Å²) in [7, 11) is 1.57. The minimum absolute atomic E-state index is 0.0365. The predicted octanol–water partition coefficient (Wildman–Crippen LogP) is 4.35. The number of pyridine rings is 1. The summed E-state index contributed by atoms with van der Waals surface area (Å²) in [4.78, 5) is 26.3. The van der Waals surface area contributed by atoms with Crippen molar-refractivity contribution in [3.8, 4) is 23.2 Å². The van der Waals surface area contributed by atoms with Crippen molar-refractivity contribution in [2.75, 3.05) is 32.1 Å². The van der Waals surface area contributed by atoms with Crippen molar-refractivity contribution < 1.29 is 9.53 Å². The van der Waals surface area contributed by atoms with Crippen molar-refractivity contribution in [3.63, 3.8) is 0 Å². The van der Waals surface area contributed by atoms with E-state index in [1.807, 2.05) is 30.3 Å². The Morgan fingerprint density at radius 2 is 2.03 bits per heavy atom. The Morgan fingerprint density at radius 3 is 2.76 bits per heavy atom. The quantitative estimate of drug-likeness (QED) is 0.310. The van der Waals surface area contributed by atoms with Crippen molar-refractivity contribution in [1.82, 2.24) is 25.2 Å². The Bertz CT molecular complexity index is 1470. The minimum Gasteiger partial charge on any atom is -0.484 e. The van der Waals surface area contributed by atoms with Gasteiger partial charge in [0.25, 0.3) is 5.91 Å². The summed E-state index contributed by atoms with van der Waals surface area (Å²) in [5.41, 5.74) is 4.88. The molecule has 1 fully saturated rings. The van der Waals surface area contributed by atoms with Crippen LogP contribution in [-0.2, 0) is 11.3 Å². The smallest absolute Gasteiger partial charge is 0.257 e. The van der Waals surface area contributed by atoms with Gasteiger partial charge in [-0.15, -0.1) is 0 Å².